The fourth-order valence-electron chi connectivity index (χ4n) is 1.66. The summed E-state index contributed by atoms with van der Waals surface area (Å²) in [6.07, 6.45) is 0. The van der Waals surface area contributed by atoms with E-state index >= 15 is 0 Å². The molecule has 2 aromatic rings. The van der Waals surface area contributed by atoms with Crippen LogP contribution in [0.4, 0.5) is 0 Å². The number of hydrogen-bond donors (Lipinski definition) is 2. The van der Waals surface area contributed by atoms with Gasteiger partial charge in [-0.15, -0.1) is 0 Å². The maximum atomic E-state index is 10.8. The maximum absolute atomic E-state index is 10.8. The SMILES string of the molecule is O=S(=O)(O)Cc1c(O)ccc2ccccc12.[Na+]. The Kier molecular flexibility index (Phi) is 4.57. The third-order valence-corrected chi connectivity index (χ3v) is 3.00. The summed E-state index contributed by atoms with van der Waals surface area (Å²) in [7, 11) is -4.15. The zero-order chi connectivity index (χ0) is 11.8. The summed E-state index contributed by atoms with van der Waals surface area (Å²) in [5.41, 5.74) is 0.223. The molecule has 0 fully saturated rings. The van der Waals surface area contributed by atoms with Gasteiger partial charge in [0.25, 0.3) is 10.1 Å². The molecule has 0 aliphatic rings. The molecule has 0 saturated heterocycles. The molecule has 0 unspecified atom stereocenters. The Morgan fingerprint density at radius 3 is 2.35 bits per heavy atom. The first kappa shape index (κ1) is 14.5. The van der Waals surface area contributed by atoms with Crippen LogP contribution in [0.1, 0.15) is 5.56 Å². The van der Waals surface area contributed by atoms with Gasteiger partial charge in [-0.25, -0.2) is 0 Å². The van der Waals surface area contributed by atoms with Gasteiger partial charge in [0, 0.05) is 5.56 Å². The number of aromatic hydroxyl groups is 1. The van der Waals surface area contributed by atoms with E-state index in [2.05, 4.69) is 0 Å². The van der Waals surface area contributed by atoms with E-state index in [1.807, 2.05) is 12.1 Å². The largest absolute Gasteiger partial charge is 1.00 e. The van der Waals surface area contributed by atoms with Crippen molar-refractivity contribution in [2.24, 2.45) is 0 Å². The minimum Gasteiger partial charge on any atom is -0.508 e. The van der Waals surface area contributed by atoms with E-state index in [9.17, 15) is 13.5 Å². The molecule has 0 radical (unpaired) electrons. The van der Waals surface area contributed by atoms with Crippen LogP contribution in [-0.4, -0.2) is 18.1 Å². The van der Waals surface area contributed by atoms with Gasteiger partial charge in [-0.1, -0.05) is 30.3 Å². The molecule has 0 aromatic heterocycles. The molecule has 0 saturated carbocycles. The maximum Gasteiger partial charge on any atom is 1.00 e. The van der Waals surface area contributed by atoms with Crippen LogP contribution < -0.4 is 29.6 Å². The molecule has 2 N–H and O–H groups in total. The molecule has 0 aliphatic carbocycles. The van der Waals surface area contributed by atoms with Crippen LogP contribution >= 0.6 is 0 Å². The van der Waals surface area contributed by atoms with Crippen LogP contribution in [-0.2, 0) is 15.9 Å². The summed E-state index contributed by atoms with van der Waals surface area (Å²) < 4.78 is 30.5. The Morgan fingerprint density at radius 1 is 1.06 bits per heavy atom. The van der Waals surface area contributed by atoms with Gasteiger partial charge in [-0.05, 0) is 16.8 Å². The molecule has 4 nitrogen and oxygen atoms in total. The van der Waals surface area contributed by atoms with Crippen molar-refractivity contribution in [1.82, 2.24) is 0 Å². The average molecular weight is 261 g/mol. The topological polar surface area (TPSA) is 74.6 Å². The molecule has 2 aromatic carbocycles. The first-order valence-corrected chi connectivity index (χ1v) is 6.23. The van der Waals surface area contributed by atoms with E-state index in [0.29, 0.717) is 5.39 Å². The summed E-state index contributed by atoms with van der Waals surface area (Å²) in [6.45, 7) is 0. The number of fused-ring (bicyclic) bond motifs is 1. The average Bonchev–Trinajstić information content (AvgIpc) is 2.21. The molecule has 0 bridgehead atoms. The Morgan fingerprint density at radius 2 is 1.71 bits per heavy atom. The predicted molar refractivity (Wildman–Crippen MR) is 60.9 cm³/mol. The second-order valence-electron chi connectivity index (χ2n) is 3.51. The fraction of sp³-hybridized carbons (Fsp3) is 0.0909. The Bertz CT molecular complexity index is 637. The van der Waals surface area contributed by atoms with Crippen molar-refractivity contribution < 1.29 is 47.6 Å². The van der Waals surface area contributed by atoms with Crippen LogP contribution in [0.3, 0.4) is 0 Å². The molecule has 0 amide bonds. The van der Waals surface area contributed by atoms with Gasteiger partial charge >= 0.3 is 29.6 Å². The molecule has 0 atom stereocenters. The smallest absolute Gasteiger partial charge is 0.508 e. The monoisotopic (exact) mass is 261 g/mol. The summed E-state index contributed by atoms with van der Waals surface area (Å²) >= 11 is 0. The Hall–Kier alpha value is -0.590. The van der Waals surface area contributed by atoms with Gasteiger partial charge in [-0.2, -0.15) is 8.42 Å². The number of benzene rings is 2. The Labute approximate surface area is 121 Å². The van der Waals surface area contributed by atoms with E-state index in [0.717, 1.165) is 5.39 Å². The molecule has 0 aliphatic heterocycles. The van der Waals surface area contributed by atoms with Gasteiger partial charge in [0.2, 0.25) is 0 Å². The number of hydrogen-bond acceptors (Lipinski definition) is 3. The first-order valence-electron chi connectivity index (χ1n) is 4.62. The van der Waals surface area contributed by atoms with Crippen molar-refractivity contribution in [3.8, 4) is 5.75 Å². The number of phenols is 1. The van der Waals surface area contributed by atoms with E-state index in [1.165, 1.54) is 6.07 Å². The zero-order valence-corrected chi connectivity index (χ0v) is 12.1. The molecule has 6 heteroatoms. The quantitative estimate of drug-likeness (QED) is 0.533. The van der Waals surface area contributed by atoms with Crippen molar-refractivity contribution in [2.45, 2.75) is 5.75 Å². The van der Waals surface area contributed by atoms with Crippen LogP contribution in [0.2, 0.25) is 0 Å². The molecule has 2 rings (SSSR count). The van der Waals surface area contributed by atoms with E-state index in [-0.39, 0.29) is 40.9 Å². The summed E-state index contributed by atoms with van der Waals surface area (Å²) in [6, 6.07) is 10.2. The molecule has 17 heavy (non-hydrogen) atoms. The first-order chi connectivity index (χ1) is 7.47. The van der Waals surface area contributed by atoms with Gasteiger partial charge < -0.3 is 5.11 Å². The van der Waals surface area contributed by atoms with Crippen LogP contribution in [0.25, 0.3) is 10.8 Å². The molecular formula is C11H10NaO4S+. The van der Waals surface area contributed by atoms with Gasteiger partial charge in [0.15, 0.2) is 0 Å². The number of rotatable bonds is 2. The summed E-state index contributed by atoms with van der Waals surface area (Å²) in [5, 5.41) is 11.0. The van der Waals surface area contributed by atoms with Crippen LogP contribution in [0.15, 0.2) is 36.4 Å². The standard InChI is InChI=1S/C11H10O4S.Na/c12-11-6-5-8-3-1-2-4-9(8)10(11)7-16(13,14)15;/h1-6,12H,7H2,(H,13,14,15);/q;+1. The molecular weight excluding hydrogens is 251 g/mol. The van der Waals surface area contributed by atoms with Crippen LogP contribution in [0, 0.1) is 0 Å². The Balaban J connectivity index is 0.00000144. The molecule has 0 heterocycles. The fourth-order valence-corrected chi connectivity index (χ4v) is 2.33. The van der Waals surface area contributed by atoms with Crippen molar-refractivity contribution in [3.05, 3.63) is 42.0 Å². The predicted octanol–water partition coefficient (Wildman–Crippen LogP) is -1.06. The summed E-state index contributed by atoms with van der Waals surface area (Å²) in [5.74, 6) is -0.712. The second kappa shape index (κ2) is 5.37. The number of phenolic OH excluding ortho intramolecular Hbond substituents is 1. The van der Waals surface area contributed by atoms with Crippen molar-refractivity contribution in [2.75, 3.05) is 0 Å². The van der Waals surface area contributed by atoms with E-state index in [1.54, 1.807) is 18.2 Å². The van der Waals surface area contributed by atoms with E-state index < -0.39 is 15.9 Å². The van der Waals surface area contributed by atoms with Crippen molar-refractivity contribution >= 4 is 20.9 Å². The van der Waals surface area contributed by atoms with Gasteiger partial charge in [-0.3, -0.25) is 4.55 Å². The summed E-state index contributed by atoms with van der Waals surface area (Å²) in [4.78, 5) is 0. The third-order valence-electron chi connectivity index (χ3n) is 2.34. The zero-order valence-electron chi connectivity index (χ0n) is 9.29. The van der Waals surface area contributed by atoms with E-state index in [4.69, 9.17) is 4.55 Å². The normalized spacial score (nSPS) is 11.1. The third kappa shape index (κ3) is 3.43. The van der Waals surface area contributed by atoms with Crippen molar-refractivity contribution in [1.29, 1.82) is 0 Å². The second-order valence-corrected chi connectivity index (χ2v) is 4.96. The van der Waals surface area contributed by atoms with Crippen LogP contribution in [0.5, 0.6) is 5.75 Å². The molecule has 84 valence electrons. The molecule has 0 spiro atoms. The minimum absolute atomic E-state index is 0. The van der Waals surface area contributed by atoms with Crippen molar-refractivity contribution in [3.63, 3.8) is 0 Å². The van der Waals surface area contributed by atoms with Gasteiger partial charge in [0.1, 0.15) is 11.5 Å². The minimum atomic E-state index is -4.15. The van der Waals surface area contributed by atoms with Gasteiger partial charge in [0.05, 0.1) is 0 Å².